The summed E-state index contributed by atoms with van der Waals surface area (Å²) in [5, 5.41) is 3.48. The number of nitrogens with one attached hydrogen (secondary N) is 1. The summed E-state index contributed by atoms with van der Waals surface area (Å²) in [6.07, 6.45) is 0. The molecule has 156 valence electrons. The van der Waals surface area contributed by atoms with Gasteiger partial charge in [-0.05, 0) is 35.8 Å². The highest BCUT2D eigenvalue weighted by Gasteiger charge is 2.16. The zero-order valence-electron chi connectivity index (χ0n) is 19.6. The number of nitrogens with zero attached hydrogens (tertiary/aromatic N) is 2. The van der Waals surface area contributed by atoms with E-state index in [4.69, 9.17) is 4.99 Å². The van der Waals surface area contributed by atoms with Crippen molar-refractivity contribution in [3.8, 4) is 0 Å². The van der Waals surface area contributed by atoms with E-state index in [0.29, 0.717) is 0 Å². The standard InChI is InChI=1S/C26H37N3/c1-18(2)28-24(20-12-16-22(17-13-20)26(6,7)8)29-23(27-9)19-10-14-21(15-11-19)25(3,4)5/h10-18H,1-9H3,(H,27,28,29). The van der Waals surface area contributed by atoms with Gasteiger partial charge in [-0.25, -0.2) is 0 Å². The molecule has 0 aliphatic rings. The zero-order chi connectivity index (χ0) is 21.8. The number of aliphatic imine (C=N–C) groups is 2. The topological polar surface area (TPSA) is 36.8 Å². The van der Waals surface area contributed by atoms with Crippen LogP contribution in [0.15, 0.2) is 58.5 Å². The average molecular weight is 392 g/mol. The van der Waals surface area contributed by atoms with Crippen molar-refractivity contribution in [3.05, 3.63) is 70.8 Å². The van der Waals surface area contributed by atoms with Crippen LogP contribution < -0.4 is 5.32 Å². The maximum absolute atomic E-state index is 4.83. The van der Waals surface area contributed by atoms with Gasteiger partial charge >= 0.3 is 0 Å². The second-order valence-electron chi connectivity index (χ2n) is 9.92. The number of benzene rings is 2. The Kier molecular flexibility index (Phi) is 7.05. The van der Waals surface area contributed by atoms with E-state index in [-0.39, 0.29) is 16.9 Å². The maximum Gasteiger partial charge on any atom is 0.134 e. The second-order valence-corrected chi connectivity index (χ2v) is 9.92. The number of amidine groups is 2. The summed E-state index contributed by atoms with van der Waals surface area (Å²) >= 11 is 0. The van der Waals surface area contributed by atoms with Crippen molar-refractivity contribution in [3.63, 3.8) is 0 Å². The van der Waals surface area contributed by atoms with Gasteiger partial charge in [0.2, 0.25) is 0 Å². The smallest absolute Gasteiger partial charge is 0.134 e. The van der Waals surface area contributed by atoms with Gasteiger partial charge in [0.25, 0.3) is 0 Å². The third kappa shape index (κ3) is 6.28. The van der Waals surface area contributed by atoms with Crippen molar-refractivity contribution < 1.29 is 0 Å². The molecular weight excluding hydrogens is 354 g/mol. The molecule has 0 fully saturated rings. The van der Waals surface area contributed by atoms with Gasteiger partial charge in [0, 0.05) is 24.2 Å². The predicted molar refractivity (Wildman–Crippen MR) is 128 cm³/mol. The minimum Gasteiger partial charge on any atom is -0.325 e. The Morgan fingerprint density at radius 2 is 1.07 bits per heavy atom. The van der Waals surface area contributed by atoms with E-state index in [0.717, 1.165) is 22.8 Å². The first-order valence-corrected chi connectivity index (χ1v) is 10.5. The van der Waals surface area contributed by atoms with Gasteiger partial charge in [0.05, 0.1) is 0 Å². The van der Waals surface area contributed by atoms with Gasteiger partial charge in [-0.2, -0.15) is 0 Å². The lowest BCUT2D eigenvalue weighted by atomic mass is 9.86. The SMILES string of the molecule is CN=C(NC(=NC(C)C)c1ccc(C(C)(C)C)cc1)c1ccc(C(C)(C)C)cc1. The molecule has 3 nitrogen and oxygen atoms in total. The molecule has 2 aromatic rings. The fourth-order valence-electron chi connectivity index (χ4n) is 3.06. The van der Waals surface area contributed by atoms with Gasteiger partial charge < -0.3 is 5.32 Å². The monoisotopic (exact) mass is 391 g/mol. The lowest BCUT2D eigenvalue weighted by molar-refractivity contribution is 0.590. The Bertz CT molecular complexity index is 856. The summed E-state index contributed by atoms with van der Waals surface area (Å²) in [5.41, 5.74) is 5.01. The molecule has 0 aromatic heterocycles. The molecule has 0 radical (unpaired) electrons. The van der Waals surface area contributed by atoms with Crippen LogP contribution in [0.5, 0.6) is 0 Å². The highest BCUT2D eigenvalue weighted by Crippen LogP contribution is 2.23. The highest BCUT2D eigenvalue weighted by molar-refractivity contribution is 6.14. The van der Waals surface area contributed by atoms with Crippen molar-refractivity contribution in [1.29, 1.82) is 0 Å². The van der Waals surface area contributed by atoms with E-state index < -0.39 is 0 Å². The van der Waals surface area contributed by atoms with E-state index >= 15 is 0 Å². The van der Waals surface area contributed by atoms with Crippen LogP contribution in [0.2, 0.25) is 0 Å². The molecule has 2 rings (SSSR count). The van der Waals surface area contributed by atoms with Crippen molar-refractivity contribution in [2.45, 2.75) is 72.3 Å². The van der Waals surface area contributed by atoms with Crippen molar-refractivity contribution in [1.82, 2.24) is 5.32 Å². The molecule has 0 saturated heterocycles. The number of hydrogen-bond acceptors (Lipinski definition) is 2. The van der Waals surface area contributed by atoms with Gasteiger partial charge in [-0.15, -0.1) is 0 Å². The van der Waals surface area contributed by atoms with Crippen LogP contribution in [-0.2, 0) is 10.8 Å². The maximum atomic E-state index is 4.83. The largest absolute Gasteiger partial charge is 0.325 e. The fraction of sp³-hybridized carbons (Fsp3) is 0.462. The first kappa shape index (κ1) is 22.9. The fourth-order valence-corrected chi connectivity index (χ4v) is 3.06. The molecule has 0 bridgehead atoms. The van der Waals surface area contributed by atoms with Crippen LogP contribution >= 0.6 is 0 Å². The number of hydrogen-bond donors (Lipinski definition) is 1. The van der Waals surface area contributed by atoms with Gasteiger partial charge in [0.1, 0.15) is 11.7 Å². The molecule has 0 saturated carbocycles. The third-order valence-corrected chi connectivity index (χ3v) is 4.90. The van der Waals surface area contributed by atoms with E-state index in [1.165, 1.54) is 11.1 Å². The molecule has 0 amide bonds. The van der Waals surface area contributed by atoms with Crippen molar-refractivity contribution in [2.75, 3.05) is 7.05 Å². The molecule has 2 aromatic carbocycles. The Morgan fingerprint density at radius 3 is 1.38 bits per heavy atom. The molecule has 29 heavy (non-hydrogen) atoms. The molecule has 0 aliphatic heterocycles. The first-order chi connectivity index (χ1) is 13.4. The van der Waals surface area contributed by atoms with E-state index in [1.807, 2.05) is 7.05 Å². The Balaban J connectivity index is 2.34. The molecular formula is C26H37N3. The molecule has 0 unspecified atom stereocenters. The van der Waals surface area contributed by atoms with Crippen LogP contribution in [0.1, 0.15) is 77.6 Å². The van der Waals surface area contributed by atoms with Crippen LogP contribution in [-0.4, -0.2) is 24.8 Å². The molecule has 0 atom stereocenters. The lowest BCUT2D eigenvalue weighted by Gasteiger charge is -2.21. The summed E-state index contributed by atoms with van der Waals surface area (Å²) in [4.78, 5) is 9.34. The van der Waals surface area contributed by atoms with Crippen molar-refractivity contribution in [2.24, 2.45) is 9.98 Å². The van der Waals surface area contributed by atoms with Crippen molar-refractivity contribution >= 4 is 11.7 Å². The normalized spacial score (nSPS) is 13.7. The summed E-state index contributed by atoms with van der Waals surface area (Å²) in [6, 6.07) is 17.5. The predicted octanol–water partition coefficient (Wildman–Crippen LogP) is 6.10. The molecule has 0 heterocycles. The van der Waals surface area contributed by atoms with Crippen LogP contribution in [0.3, 0.4) is 0 Å². The molecule has 0 aliphatic carbocycles. The Hall–Kier alpha value is -2.42. The molecule has 3 heteroatoms. The summed E-state index contributed by atoms with van der Waals surface area (Å²) in [5.74, 6) is 1.67. The van der Waals surface area contributed by atoms with Crippen LogP contribution in [0, 0.1) is 0 Å². The third-order valence-electron chi connectivity index (χ3n) is 4.90. The lowest BCUT2D eigenvalue weighted by Crippen LogP contribution is -2.33. The summed E-state index contributed by atoms with van der Waals surface area (Å²) < 4.78 is 0. The Morgan fingerprint density at radius 1 is 0.690 bits per heavy atom. The van der Waals surface area contributed by atoms with E-state index in [2.05, 4.69) is 114 Å². The average Bonchev–Trinajstić information content (AvgIpc) is 2.63. The molecule has 1 N–H and O–H groups in total. The highest BCUT2D eigenvalue weighted by atomic mass is 15.1. The van der Waals surface area contributed by atoms with Gasteiger partial charge in [-0.1, -0.05) is 90.1 Å². The van der Waals surface area contributed by atoms with Crippen LogP contribution in [0.25, 0.3) is 0 Å². The van der Waals surface area contributed by atoms with Gasteiger partial charge in [-0.3, -0.25) is 9.98 Å². The summed E-state index contributed by atoms with van der Waals surface area (Å²) in [6.45, 7) is 17.5. The minimum absolute atomic E-state index is 0.131. The minimum atomic E-state index is 0.131. The zero-order valence-corrected chi connectivity index (χ0v) is 19.6. The molecule has 0 spiro atoms. The second kappa shape index (κ2) is 8.94. The quantitative estimate of drug-likeness (QED) is 0.498. The van der Waals surface area contributed by atoms with Crippen LogP contribution in [0.4, 0.5) is 0 Å². The number of rotatable bonds is 3. The Labute approximate surface area is 177 Å². The van der Waals surface area contributed by atoms with E-state index in [9.17, 15) is 0 Å². The first-order valence-electron chi connectivity index (χ1n) is 10.5. The van der Waals surface area contributed by atoms with Gasteiger partial charge in [0.15, 0.2) is 0 Å². The summed E-state index contributed by atoms with van der Waals surface area (Å²) in [7, 11) is 1.82. The van der Waals surface area contributed by atoms with E-state index in [1.54, 1.807) is 0 Å².